The van der Waals surface area contributed by atoms with E-state index in [0.717, 1.165) is 42.9 Å². The topological polar surface area (TPSA) is 9.23 Å². The first kappa shape index (κ1) is 26.0. The van der Waals surface area contributed by atoms with Gasteiger partial charge in [0.2, 0.25) is 0 Å². The summed E-state index contributed by atoms with van der Waals surface area (Å²) in [5, 5.41) is -1.22. The van der Waals surface area contributed by atoms with Crippen molar-refractivity contribution in [1.82, 2.24) is 0 Å². The summed E-state index contributed by atoms with van der Waals surface area (Å²) < 4.78 is 119. The molecule has 0 bridgehead atoms. The van der Waals surface area contributed by atoms with E-state index in [-0.39, 0.29) is 23.1 Å². The van der Waals surface area contributed by atoms with Gasteiger partial charge in [-0.2, -0.15) is 8.78 Å². The Morgan fingerprint density at radius 1 is 0.789 bits per heavy atom. The Hall–Kier alpha value is -3.62. The van der Waals surface area contributed by atoms with Crippen molar-refractivity contribution in [1.29, 1.82) is 0 Å². The number of fused-ring (bicyclic) bond motifs is 2. The van der Waals surface area contributed by atoms with E-state index in [2.05, 4.69) is 11.7 Å². The molecule has 1 nitrogen and oxygen atoms in total. The molecular formula is C29H20F8O. The van der Waals surface area contributed by atoms with Gasteiger partial charge in [0.1, 0.15) is 17.1 Å². The zero-order valence-corrected chi connectivity index (χ0v) is 20.0. The Morgan fingerprint density at radius 3 is 2.18 bits per heavy atom. The molecule has 0 radical (unpaired) electrons. The maximum absolute atomic E-state index is 15.2. The smallest absolute Gasteiger partial charge is 0.429 e. The van der Waals surface area contributed by atoms with Crippen molar-refractivity contribution in [3.8, 4) is 16.9 Å². The molecule has 0 fully saturated rings. The second kappa shape index (κ2) is 9.60. The first-order valence-electron chi connectivity index (χ1n) is 11.9. The Bertz CT molecular complexity index is 1540. The van der Waals surface area contributed by atoms with Crippen LogP contribution in [0.1, 0.15) is 36.5 Å². The number of benzene rings is 4. The minimum Gasteiger partial charge on any atom is -0.429 e. The summed E-state index contributed by atoms with van der Waals surface area (Å²) in [6, 6.07) is 8.31. The van der Waals surface area contributed by atoms with Crippen LogP contribution in [0.2, 0.25) is 0 Å². The maximum atomic E-state index is 15.2. The van der Waals surface area contributed by atoms with Crippen molar-refractivity contribution < 1.29 is 39.9 Å². The van der Waals surface area contributed by atoms with E-state index >= 15 is 13.2 Å². The number of hydrogen-bond acceptors (Lipinski definition) is 1. The normalized spacial score (nSPS) is 15.6. The largest absolute Gasteiger partial charge is 0.429 e. The predicted octanol–water partition coefficient (Wildman–Crippen LogP) is 8.98. The fraction of sp³-hybridized carbons (Fsp3) is 0.241. The highest BCUT2D eigenvalue weighted by atomic mass is 19.3. The highest BCUT2D eigenvalue weighted by Crippen LogP contribution is 2.40. The average Bonchev–Trinajstić information content (AvgIpc) is 2.88. The molecule has 0 saturated carbocycles. The second-order valence-corrected chi connectivity index (χ2v) is 9.40. The van der Waals surface area contributed by atoms with Crippen molar-refractivity contribution >= 4 is 10.8 Å². The van der Waals surface area contributed by atoms with E-state index in [1.807, 2.05) is 6.07 Å². The van der Waals surface area contributed by atoms with Gasteiger partial charge in [-0.15, -0.1) is 0 Å². The molecule has 38 heavy (non-hydrogen) atoms. The molecule has 198 valence electrons. The molecule has 0 saturated heterocycles. The molecule has 0 aromatic heterocycles. The lowest BCUT2D eigenvalue weighted by atomic mass is 9.81. The van der Waals surface area contributed by atoms with Crippen LogP contribution in [0.3, 0.4) is 0 Å². The Balaban J connectivity index is 1.54. The first-order valence-corrected chi connectivity index (χ1v) is 11.9. The summed E-state index contributed by atoms with van der Waals surface area (Å²) in [7, 11) is 0. The minimum atomic E-state index is -4.56. The molecule has 0 aliphatic heterocycles. The van der Waals surface area contributed by atoms with Crippen molar-refractivity contribution in [2.75, 3.05) is 0 Å². The van der Waals surface area contributed by atoms with Gasteiger partial charge in [0.15, 0.2) is 29.1 Å². The zero-order chi connectivity index (χ0) is 27.4. The summed E-state index contributed by atoms with van der Waals surface area (Å²) in [5.74, 6) is -11.0. The van der Waals surface area contributed by atoms with Gasteiger partial charge in [0.25, 0.3) is 0 Å². The van der Waals surface area contributed by atoms with Crippen LogP contribution in [0.4, 0.5) is 35.1 Å². The van der Waals surface area contributed by atoms with Gasteiger partial charge >= 0.3 is 6.11 Å². The van der Waals surface area contributed by atoms with Gasteiger partial charge in [0.05, 0.1) is 5.39 Å². The van der Waals surface area contributed by atoms with Gasteiger partial charge < -0.3 is 4.74 Å². The molecule has 1 aliphatic rings. The summed E-state index contributed by atoms with van der Waals surface area (Å²) in [4.78, 5) is 0. The van der Waals surface area contributed by atoms with Crippen molar-refractivity contribution in [2.45, 2.75) is 38.7 Å². The fourth-order valence-corrected chi connectivity index (χ4v) is 4.96. The van der Waals surface area contributed by atoms with Gasteiger partial charge in [0, 0.05) is 17.7 Å². The molecule has 1 atom stereocenters. The lowest BCUT2D eigenvalue weighted by Crippen LogP contribution is -2.24. The number of ether oxygens (including phenoxy) is 1. The van der Waals surface area contributed by atoms with Crippen molar-refractivity contribution in [3.05, 3.63) is 100 Å². The molecule has 0 heterocycles. The van der Waals surface area contributed by atoms with Gasteiger partial charge in [-0.1, -0.05) is 37.6 Å². The van der Waals surface area contributed by atoms with E-state index in [0.29, 0.717) is 17.5 Å². The van der Waals surface area contributed by atoms with Crippen LogP contribution in [-0.4, -0.2) is 0 Å². The van der Waals surface area contributed by atoms with Crippen LogP contribution in [0.25, 0.3) is 21.9 Å². The van der Waals surface area contributed by atoms with E-state index < -0.39 is 57.7 Å². The van der Waals surface area contributed by atoms with Gasteiger partial charge in [-0.05, 0) is 59.4 Å². The Kier molecular flexibility index (Phi) is 6.57. The third kappa shape index (κ3) is 4.48. The van der Waals surface area contributed by atoms with Crippen LogP contribution in [0, 0.1) is 40.8 Å². The predicted molar refractivity (Wildman–Crippen MR) is 126 cm³/mol. The molecule has 0 spiro atoms. The molecule has 4 aromatic rings. The number of halogens is 8. The Labute approximate surface area is 212 Å². The maximum Gasteiger partial charge on any atom is 0.429 e. The van der Waals surface area contributed by atoms with Crippen LogP contribution >= 0.6 is 0 Å². The second-order valence-electron chi connectivity index (χ2n) is 9.40. The molecule has 0 amide bonds. The molecule has 4 aromatic carbocycles. The van der Waals surface area contributed by atoms with E-state index in [1.165, 1.54) is 6.07 Å². The van der Waals surface area contributed by atoms with E-state index in [1.54, 1.807) is 12.1 Å². The SMILES string of the molecule is CCC1CCc2cc(-c3cc4ccc(C(F)(F)Oc5cc(F)c(F)c(F)c5)c(F)c4c(F)c3F)ccc2C1. The zero-order valence-electron chi connectivity index (χ0n) is 20.0. The third-order valence-corrected chi connectivity index (χ3v) is 7.06. The molecule has 1 unspecified atom stereocenters. The monoisotopic (exact) mass is 536 g/mol. The highest BCUT2D eigenvalue weighted by Gasteiger charge is 2.39. The highest BCUT2D eigenvalue weighted by molar-refractivity contribution is 5.89. The fourth-order valence-electron chi connectivity index (χ4n) is 4.96. The lowest BCUT2D eigenvalue weighted by molar-refractivity contribution is -0.187. The third-order valence-electron chi connectivity index (χ3n) is 7.06. The molecule has 0 N–H and O–H groups in total. The van der Waals surface area contributed by atoms with Gasteiger partial charge in [-0.3, -0.25) is 0 Å². The number of alkyl halides is 2. The summed E-state index contributed by atoms with van der Waals surface area (Å²) in [5.41, 5.74) is 0.866. The summed E-state index contributed by atoms with van der Waals surface area (Å²) in [6.45, 7) is 2.12. The number of rotatable bonds is 5. The number of hydrogen-bond donors (Lipinski definition) is 0. The van der Waals surface area contributed by atoms with Crippen LogP contribution in [0.15, 0.2) is 48.5 Å². The standard InChI is InChI=1S/C29H20F8O/c1-2-14-3-4-16-10-17(6-5-15(16)9-14)20-11-18-7-8-21(26(33)24(18)28(35)25(20)32)29(36,37)38-19-12-22(30)27(34)23(31)13-19/h5-8,10-14H,2-4,9H2,1H3. The van der Waals surface area contributed by atoms with Crippen LogP contribution in [0.5, 0.6) is 5.75 Å². The average molecular weight is 536 g/mol. The quantitative estimate of drug-likeness (QED) is 0.183. The van der Waals surface area contributed by atoms with E-state index in [9.17, 15) is 22.0 Å². The number of aryl methyl sites for hydroxylation is 1. The molecular weight excluding hydrogens is 516 g/mol. The lowest BCUT2D eigenvalue weighted by Gasteiger charge is -2.24. The first-order chi connectivity index (χ1) is 18.0. The van der Waals surface area contributed by atoms with Crippen molar-refractivity contribution in [2.24, 2.45) is 5.92 Å². The van der Waals surface area contributed by atoms with E-state index in [4.69, 9.17) is 0 Å². The van der Waals surface area contributed by atoms with Crippen LogP contribution < -0.4 is 4.74 Å². The minimum absolute atomic E-state index is 0.150. The van der Waals surface area contributed by atoms with Crippen LogP contribution in [-0.2, 0) is 19.0 Å². The molecule has 9 heteroatoms. The molecule has 5 rings (SSSR count). The Morgan fingerprint density at radius 2 is 1.50 bits per heavy atom. The summed E-state index contributed by atoms with van der Waals surface area (Å²) in [6.07, 6.45) is -0.869. The van der Waals surface area contributed by atoms with Gasteiger partial charge in [-0.25, -0.2) is 26.3 Å². The molecule has 1 aliphatic carbocycles. The van der Waals surface area contributed by atoms with Crippen molar-refractivity contribution in [3.63, 3.8) is 0 Å². The summed E-state index contributed by atoms with van der Waals surface area (Å²) >= 11 is 0.